The second-order valence-electron chi connectivity index (χ2n) is 9.46. The van der Waals surface area contributed by atoms with Crippen molar-refractivity contribution in [1.29, 1.82) is 0 Å². The second-order valence-corrected chi connectivity index (χ2v) is 13.1. The average molecular weight is 669 g/mol. The number of amides is 2. The highest BCUT2D eigenvalue weighted by Gasteiger charge is 2.33. The molecule has 0 heterocycles. The number of halogens is 3. The van der Waals surface area contributed by atoms with Crippen LogP contribution in [0.2, 0.25) is 10.0 Å². The minimum absolute atomic E-state index is 0.0250. The summed E-state index contributed by atoms with van der Waals surface area (Å²) in [5.41, 5.74) is 2.58. The maximum atomic E-state index is 14.1. The molecule has 0 aliphatic carbocycles. The van der Waals surface area contributed by atoms with Gasteiger partial charge in [0, 0.05) is 34.0 Å². The van der Waals surface area contributed by atoms with Crippen LogP contribution >= 0.6 is 39.1 Å². The predicted molar refractivity (Wildman–Crippen MR) is 165 cm³/mol. The van der Waals surface area contributed by atoms with E-state index in [1.807, 2.05) is 44.2 Å². The van der Waals surface area contributed by atoms with E-state index in [4.69, 9.17) is 23.2 Å². The van der Waals surface area contributed by atoms with Gasteiger partial charge in [-0.05, 0) is 60.4 Å². The molecule has 3 aromatic rings. The van der Waals surface area contributed by atoms with Crippen molar-refractivity contribution in [1.82, 2.24) is 10.2 Å². The summed E-state index contributed by atoms with van der Waals surface area (Å²) in [5.74, 6) is -0.890. The third-order valence-electron chi connectivity index (χ3n) is 6.28. The first-order valence-electron chi connectivity index (χ1n) is 12.7. The molecular formula is C29H32BrCl2N3O4S. The zero-order chi connectivity index (χ0) is 29.4. The first-order chi connectivity index (χ1) is 18.9. The summed E-state index contributed by atoms with van der Waals surface area (Å²) in [4.78, 5) is 29.0. The van der Waals surface area contributed by atoms with Crippen LogP contribution in [0.4, 0.5) is 5.69 Å². The highest BCUT2D eigenvalue weighted by atomic mass is 79.9. The lowest BCUT2D eigenvalue weighted by Gasteiger charge is -2.33. The van der Waals surface area contributed by atoms with Crippen LogP contribution in [0.5, 0.6) is 0 Å². The van der Waals surface area contributed by atoms with Crippen molar-refractivity contribution < 1.29 is 18.0 Å². The first-order valence-corrected chi connectivity index (χ1v) is 16.1. The van der Waals surface area contributed by atoms with Crippen molar-refractivity contribution in [3.8, 4) is 0 Å². The van der Waals surface area contributed by atoms with E-state index < -0.39 is 28.5 Å². The number of benzene rings is 3. The molecule has 0 fully saturated rings. The van der Waals surface area contributed by atoms with Crippen LogP contribution in [0.1, 0.15) is 30.0 Å². The molecular weight excluding hydrogens is 637 g/mol. The van der Waals surface area contributed by atoms with E-state index in [2.05, 4.69) is 21.2 Å². The fourth-order valence-corrected chi connectivity index (χ4v) is 5.71. The Morgan fingerprint density at radius 3 is 2.33 bits per heavy atom. The van der Waals surface area contributed by atoms with Gasteiger partial charge in [-0.25, -0.2) is 8.42 Å². The molecule has 1 N–H and O–H groups in total. The van der Waals surface area contributed by atoms with Gasteiger partial charge >= 0.3 is 0 Å². The van der Waals surface area contributed by atoms with Crippen LogP contribution in [-0.4, -0.2) is 50.5 Å². The number of sulfonamides is 1. The minimum atomic E-state index is -3.86. The maximum absolute atomic E-state index is 14.1. The maximum Gasteiger partial charge on any atom is 0.244 e. The van der Waals surface area contributed by atoms with E-state index in [0.29, 0.717) is 34.3 Å². The number of carbonyl (C=O) groups excluding carboxylic acids is 2. The van der Waals surface area contributed by atoms with Gasteiger partial charge in [0.05, 0.1) is 11.9 Å². The van der Waals surface area contributed by atoms with E-state index in [1.54, 1.807) is 36.4 Å². The van der Waals surface area contributed by atoms with Gasteiger partial charge in [0.15, 0.2) is 0 Å². The smallest absolute Gasteiger partial charge is 0.244 e. The van der Waals surface area contributed by atoms with Gasteiger partial charge in [-0.3, -0.25) is 13.9 Å². The molecule has 0 bridgehead atoms. The zero-order valence-corrected chi connectivity index (χ0v) is 26.4. The molecule has 40 heavy (non-hydrogen) atoms. The number of nitrogens with zero attached hydrogens (tertiary/aromatic N) is 2. The van der Waals surface area contributed by atoms with Crippen molar-refractivity contribution in [3.63, 3.8) is 0 Å². The second kappa shape index (κ2) is 14.3. The molecule has 0 aliphatic heterocycles. The fourth-order valence-electron chi connectivity index (χ4n) is 4.15. The van der Waals surface area contributed by atoms with Crippen molar-refractivity contribution in [2.24, 2.45) is 0 Å². The van der Waals surface area contributed by atoms with Crippen LogP contribution in [0.3, 0.4) is 0 Å². The molecule has 0 aliphatic rings. The molecule has 1 atom stereocenters. The summed E-state index contributed by atoms with van der Waals surface area (Å²) in [7, 11) is -3.86. The molecule has 0 radical (unpaired) electrons. The SMILES string of the molecule is CCCNC(=O)[C@H](Cc1ccccc1)N(Cc1ccc(Cl)cc1Cl)C(=O)CN(c1ccc(Br)c(C)c1)S(C)(=O)=O. The van der Waals surface area contributed by atoms with Crippen molar-refractivity contribution in [2.75, 3.05) is 23.7 Å². The Labute approximate surface area is 254 Å². The number of anilines is 1. The van der Waals surface area contributed by atoms with E-state index in [9.17, 15) is 18.0 Å². The monoisotopic (exact) mass is 667 g/mol. The summed E-state index contributed by atoms with van der Waals surface area (Å²) in [6.45, 7) is 3.67. The molecule has 0 unspecified atom stereocenters. The summed E-state index contributed by atoms with van der Waals surface area (Å²) in [6.07, 6.45) is 1.99. The van der Waals surface area contributed by atoms with Crippen molar-refractivity contribution in [2.45, 2.75) is 39.3 Å². The number of aryl methyl sites for hydroxylation is 1. The third kappa shape index (κ3) is 8.70. The topological polar surface area (TPSA) is 86.8 Å². The lowest BCUT2D eigenvalue weighted by Crippen LogP contribution is -2.53. The molecule has 0 aromatic heterocycles. The Hall–Kier alpha value is -2.59. The molecule has 7 nitrogen and oxygen atoms in total. The highest BCUT2D eigenvalue weighted by Crippen LogP contribution is 2.27. The van der Waals surface area contributed by atoms with E-state index in [-0.39, 0.29) is 18.9 Å². The average Bonchev–Trinajstić information content (AvgIpc) is 2.90. The van der Waals surface area contributed by atoms with Crippen LogP contribution in [0, 0.1) is 6.92 Å². The van der Waals surface area contributed by atoms with Gasteiger partial charge in [0.1, 0.15) is 12.6 Å². The summed E-state index contributed by atoms with van der Waals surface area (Å²) < 4.78 is 27.7. The molecule has 3 aromatic carbocycles. The largest absolute Gasteiger partial charge is 0.354 e. The third-order valence-corrected chi connectivity index (χ3v) is 8.90. The van der Waals surface area contributed by atoms with Crippen molar-refractivity contribution >= 4 is 66.7 Å². The van der Waals surface area contributed by atoms with Gasteiger partial charge in [-0.2, -0.15) is 0 Å². The van der Waals surface area contributed by atoms with Crippen LogP contribution in [0.25, 0.3) is 0 Å². The first kappa shape index (κ1) is 31.9. The lowest BCUT2D eigenvalue weighted by molar-refractivity contribution is -0.140. The quantitative estimate of drug-likeness (QED) is 0.257. The molecule has 0 saturated heterocycles. The predicted octanol–water partition coefficient (Wildman–Crippen LogP) is 6.00. The van der Waals surface area contributed by atoms with Gasteiger partial charge in [-0.1, -0.05) is 82.5 Å². The minimum Gasteiger partial charge on any atom is -0.354 e. The molecule has 11 heteroatoms. The van der Waals surface area contributed by atoms with Gasteiger partial charge < -0.3 is 10.2 Å². The molecule has 0 saturated carbocycles. The number of rotatable bonds is 12. The number of hydrogen-bond acceptors (Lipinski definition) is 4. The highest BCUT2D eigenvalue weighted by molar-refractivity contribution is 9.10. The zero-order valence-electron chi connectivity index (χ0n) is 22.5. The van der Waals surface area contributed by atoms with Gasteiger partial charge in [-0.15, -0.1) is 0 Å². The Morgan fingerprint density at radius 2 is 1.73 bits per heavy atom. The molecule has 0 spiro atoms. The van der Waals surface area contributed by atoms with Gasteiger partial charge in [0.25, 0.3) is 0 Å². The van der Waals surface area contributed by atoms with Crippen LogP contribution in [0.15, 0.2) is 71.2 Å². The fraction of sp³-hybridized carbons (Fsp3) is 0.310. The Balaban J connectivity index is 2.08. The van der Waals surface area contributed by atoms with Gasteiger partial charge in [0.2, 0.25) is 21.8 Å². The van der Waals surface area contributed by atoms with E-state index >= 15 is 0 Å². The Morgan fingerprint density at radius 1 is 1.02 bits per heavy atom. The summed E-state index contributed by atoms with van der Waals surface area (Å²) >= 11 is 16.0. The molecule has 3 rings (SSSR count). The molecule has 214 valence electrons. The van der Waals surface area contributed by atoms with E-state index in [1.165, 1.54) is 4.90 Å². The van der Waals surface area contributed by atoms with Crippen LogP contribution in [-0.2, 0) is 32.6 Å². The number of carbonyl (C=O) groups is 2. The lowest BCUT2D eigenvalue weighted by atomic mass is 10.0. The summed E-state index contributed by atoms with van der Waals surface area (Å²) in [6, 6.07) is 18.4. The Bertz CT molecular complexity index is 1450. The number of nitrogens with one attached hydrogen (secondary N) is 1. The van der Waals surface area contributed by atoms with Crippen LogP contribution < -0.4 is 9.62 Å². The standard InChI is InChI=1S/C29H32BrCl2N3O4S/c1-4-14-33-29(37)27(16-21-8-6-5-7-9-21)34(18-22-10-11-23(31)17-26(22)32)28(36)19-35(40(3,38)39)24-12-13-25(30)20(2)15-24/h5-13,15,17,27H,4,14,16,18-19H2,1-3H3,(H,33,37)/t27-/m0/s1. The van der Waals surface area contributed by atoms with E-state index in [0.717, 1.165) is 26.2 Å². The number of hydrogen-bond donors (Lipinski definition) is 1. The normalized spacial score (nSPS) is 12.1. The summed E-state index contributed by atoms with van der Waals surface area (Å²) in [5, 5.41) is 3.67. The van der Waals surface area contributed by atoms with Crippen molar-refractivity contribution in [3.05, 3.63) is 97.9 Å². The Kier molecular flexibility index (Phi) is 11.5. The molecule has 2 amide bonds.